The molecule has 136 valence electrons. The fourth-order valence-corrected chi connectivity index (χ4v) is 2.39. The van der Waals surface area contributed by atoms with Crippen LogP contribution < -0.4 is 14.8 Å². The Labute approximate surface area is 156 Å². The molecule has 1 heterocycles. The van der Waals surface area contributed by atoms with Gasteiger partial charge in [-0.15, -0.1) is 0 Å². The van der Waals surface area contributed by atoms with Crippen LogP contribution in [-0.4, -0.2) is 30.4 Å². The monoisotopic (exact) mass is 362 g/mol. The van der Waals surface area contributed by atoms with Crippen LogP contribution >= 0.6 is 0 Å². The van der Waals surface area contributed by atoms with Crippen molar-refractivity contribution in [1.82, 2.24) is 4.98 Å². The normalized spacial score (nSPS) is 10.1. The maximum absolute atomic E-state index is 12.5. The molecule has 0 unspecified atom stereocenters. The second kappa shape index (κ2) is 8.62. The molecule has 1 N–H and O–H groups in total. The largest absolute Gasteiger partial charge is 0.497 e. The van der Waals surface area contributed by atoms with Gasteiger partial charge in [-0.25, -0.2) is 0 Å². The second-order valence-corrected chi connectivity index (χ2v) is 5.66. The lowest BCUT2D eigenvalue weighted by Gasteiger charge is -2.08. The zero-order chi connectivity index (χ0) is 19.1. The van der Waals surface area contributed by atoms with Crippen molar-refractivity contribution in [3.8, 4) is 11.5 Å². The average molecular weight is 362 g/mol. The van der Waals surface area contributed by atoms with Crippen LogP contribution in [0.3, 0.4) is 0 Å². The van der Waals surface area contributed by atoms with Crippen molar-refractivity contribution in [3.05, 3.63) is 84.2 Å². The van der Waals surface area contributed by atoms with Crippen molar-refractivity contribution in [2.75, 3.05) is 19.0 Å². The van der Waals surface area contributed by atoms with E-state index in [0.29, 0.717) is 28.3 Å². The molecule has 3 aromatic rings. The van der Waals surface area contributed by atoms with Crippen LogP contribution in [0.2, 0.25) is 0 Å². The van der Waals surface area contributed by atoms with Gasteiger partial charge in [0.2, 0.25) is 0 Å². The van der Waals surface area contributed by atoms with Gasteiger partial charge in [0.1, 0.15) is 11.5 Å². The van der Waals surface area contributed by atoms with E-state index in [1.165, 1.54) is 0 Å². The highest BCUT2D eigenvalue weighted by molar-refractivity contribution is 6.09. The van der Waals surface area contributed by atoms with Gasteiger partial charge in [-0.05, 0) is 60.7 Å². The predicted molar refractivity (Wildman–Crippen MR) is 101 cm³/mol. The van der Waals surface area contributed by atoms with Gasteiger partial charge in [0, 0.05) is 17.3 Å². The van der Waals surface area contributed by atoms with Crippen LogP contribution in [0.1, 0.15) is 15.9 Å². The number of hydrogen-bond acceptors (Lipinski definition) is 5. The highest BCUT2D eigenvalue weighted by Gasteiger charge is 2.10. The molecule has 1 aromatic heterocycles. The van der Waals surface area contributed by atoms with Crippen molar-refractivity contribution in [2.45, 2.75) is 0 Å². The Morgan fingerprint density at radius 2 is 1.56 bits per heavy atom. The molecule has 6 heteroatoms. The number of nitrogens with zero attached hydrogens (tertiary/aromatic N) is 1. The van der Waals surface area contributed by atoms with Gasteiger partial charge in [0.25, 0.3) is 5.91 Å². The Kier molecular flexibility index (Phi) is 5.79. The summed E-state index contributed by atoms with van der Waals surface area (Å²) in [6.45, 7) is -0.138. The fourth-order valence-electron chi connectivity index (χ4n) is 2.39. The molecule has 0 radical (unpaired) electrons. The Morgan fingerprint density at radius 3 is 2.11 bits per heavy atom. The predicted octanol–water partition coefficient (Wildman–Crippen LogP) is 3.34. The Bertz CT molecular complexity index is 907. The van der Waals surface area contributed by atoms with Crippen LogP contribution in [0, 0.1) is 0 Å². The number of hydrogen-bond donors (Lipinski definition) is 1. The van der Waals surface area contributed by atoms with Crippen molar-refractivity contribution < 1.29 is 19.1 Å². The first-order chi connectivity index (χ1) is 13.2. The van der Waals surface area contributed by atoms with Gasteiger partial charge < -0.3 is 14.8 Å². The molecule has 6 nitrogen and oxygen atoms in total. The number of anilines is 1. The van der Waals surface area contributed by atoms with Crippen LogP contribution in [0.15, 0.2) is 73.1 Å². The van der Waals surface area contributed by atoms with E-state index in [2.05, 4.69) is 10.3 Å². The SMILES string of the molecule is COc1ccc(C(=O)c2ccc(OCC(=O)Nc3cccnc3)cc2)cc1. The van der Waals surface area contributed by atoms with Gasteiger partial charge >= 0.3 is 0 Å². The van der Waals surface area contributed by atoms with E-state index in [1.54, 1.807) is 80.2 Å². The van der Waals surface area contributed by atoms with E-state index >= 15 is 0 Å². The van der Waals surface area contributed by atoms with Crippen molar-refractivity contribution in [1.29, 1.82) is 0 Å². The lowest BCUT2D eigenvalue weighted by Crippen LogP contribution is -2.20. The van der Waals surface area contributed by atoms with Gasteiger partial charge in [-0.2, -0.15) is 0 Å². The Morgan fingerprint density at radius 1 is 0.926 bits per heavy atom. The number of aromatic nitrogens is 1. The summed E-state index contributed by atoms with van der Waals surface area (Å²) in [7, 11) is 1.58. The van der Waals surface area contributed by atoms with Crippen LogP contribution in [0.4, 0.5) is 5.69 Å². The molecule has 1 amide bonds. The minimum atomic E-state index is -0.290. The quantitative estimate of drug-likeness (QED) is 0.652. The molecule has 0 spiro atoms. The molecule has 0 atom stereocenters. The number of nitrogens with one attached hydrogen (secondary N) is 1. The van der Waals surface area contributed by atoms with E-state index in [9.17, 15) is 9.59 Å². The summed E-state index contributed by atoms with van der Waals surface area (Å²) in [6, 6.07) is 17.0. The summed E-state index contributed by atoms with van der Waals surface area (Å²) in [4.78, 5) is 28.3. The number of carbonyl (C=O) groups excluding carboxylic acids is 2. The van der Waals surface area contributed by atoms with Gasteiger partial charge in [0.15, 0.2) is 12.4 Å². The van der Waals surface area contributed by atoms with Gasteiger partial charge in [-0.3, -0.25) is 14.6 Å². The number of methoxy groups -OCH3 is 1. The number of pyridine rings is 1. The summed E-state index contributed by atoms with van der Waals surface area (Å²) < 4.78 is 10.5. The minimum Gasteiger partial charge on any atom is -0.497 e. The maximum atomic E-state index is 12.5. The topological polar surface area (TPSA) is 77.5 Å². The number of carbonyl (C=O) groups is 2. The summed E-state index contributed by atoms with van der Waals surface area (Å²) in [5.41, 5.74) is 1.71. The van der Waals surface area contributed by atoms with Gasteiger partial charge in [-0.1, -0.05) is 0 Å². The number of amides is 1. The zero-order valence-corrected chi connectivity index (χ0v) is 14.7. The highest BCUT2D eigenvalue weighted by Crippen LogP contribution is 2.18. The minimum absolute atomic E-state index is 0.0986. The summed E-state index contributed by atoms with van der Waals surface area (Å²) >= 11 is 0. The molecule has 27 heavy (non-hydrogen) atoms. The molecule has 0 saturated heterocycles. The van der Waals surface area contributed by atoms with E-state index < -0.39 is 0 Å². The third kappa shape index (κ3) is 4.92. The standard InChI is InChI=1S/C21H18N2O4/c1-26-18-8-4-15(5-9-18)21(25)16-6-10-19(11-7-16)27-14-20(24)23-17-3-2-12-22-13-17/h2-13H,14H2,1H3,(H,23,24). The first-order valence-corrected chi connectivity index (χ1v) is 8.27. The first kappa shape index (κ1) is 18.1. The molecule has 0 bridgehead atoms. The highest BCUT2D eigenvalue weighted by atomic mass is 16.5. The second-order valence-electron chi connectivity index (χ2n) is 5.66. The Balaban J connectivity index is 1.56. The molecule has 0 aliphatic rings. The summed E-state index contributed by atoms with van der Waals surface area (Å²) in [5, 5.41) is 2.68. The van der Waals surface area contributed by atoms with Crippen molar-refractivity contribution in [3.63, 3.8) is 0 Å². The Hall–Kier alpha value is -3.67. The van der Waals surface area contributed by atoms with Crippen LogP contribution in [0.5, 0.6) is 11.5 Å². The van der Waals surface area contributed by atoms with Crippen molar-refractivity contribution >= 4 is 17.4 Å². The number of ether oxygens (including phenoxy) is 2. The molecule has 0 saturated carbocycles. The maximum Gasteiger partial charge on any atom is 0.262 e. The number of benzene rings is 2. The third-order valence-corrected chi connectivity index (χ3v) is 3.78. The number of rotatable bonds is 7. The lowest BCUT2D eigenvalue weighted by molar-refractivity contribution is -0.118. The van der Waals surface area contributed by atoms with Crippen LogP contribution in [-0.2, 0) is 4.79 Å². The third-order valence-electron chi connectivity index (χ3n) is 3.78. The van der Waals surface area contributed by atoms with Gasteiger partial charge in [0.05, 0.1) is 19.0 Å². The van der Waals surface area contributed by atoms with E-state index in [-0.39, 0.29) is 18.3 Å². The molecule has 0 aliphatic heterocycles. The first-order valence-electron chi connectivity index (χ1n) is 8.27. The van der Waals surface area contributed by atoms with E-state index in [0.717, 1.165) is 0 Å². The molecule has 2 aromatic carbocycles. The fraction of sp³-hybridized carbons (Fsp3) is 0.0952. The average Bonchev–Trinajstić information content (AvgIpc) is 2.73. The summed E-state index contributed by atoms with van der Waals surface area (Å²) in [5.74, 6) is 0.808. The summed E-state index contributed by atoms with van der Waals surface area (Å²) in [6.07, 6.45) is 3.18. The lowest BCUT2D eigenvalue weighted by atomic mass is 10.0. The number of ketones is 1. The van der Waals surface area contributed by atoms with E-state index in [4.69, 9.17) is 9.47 Å². The molecule has 3 rings (SSSR count). The molecule has 0 aliphatic carbocycles. The van der Waals surface area contributed by atoms with E-state index in [1.807, 2.05) is 0 Å². The smallest absolute Gasteiger partial charge is 0.262 e. The van der Waals surface area contributed by atoms with Crippen molar-refractivity contribution in [2.24, 2.45) is 0 Å². The zero-order valence-electron chi connectivity index (χ0n) is 14.7. The molecular weight excluding hydrogens is 344 g/mol. The molecule has 0 fully saturated rings. The van der Waals surface area contributed by atoms with Crippen LogP contribution in [0.25, 0.3) is 0 Å². The molecular formula is C21H18N2O4.